The highest BCUT2D eigenvalue weighted by atomic mass is 15.0. The summed E-state index contributed by atoms with van der Waals surface area (Å²) in [7, 11) is 0. The van der Waals surface area contributed by atoms with Gasteiger partial charge in [0.25, 0.3) is 0 Å². The van der Waals surface area contributed by atoms with Crippen molar-refractivity contribution >= 4 is 34.0 Å². The second-order valence-electron chi connectivity index (χ2n) is 18.2. The minimum atomic E-state index is -0.233. The molecule has 0 saturated carbocycles. The van der Waals surface area contributed by atoms with Gasteiger partial charge >= 0.3 is 0 Å². The fourth-order valence-electron chi connectivity index (χ4n) is 9.68. The quantitative estimate of drug-likeness (QED) is 0.120. The first-order valence-corrected chi connectivity index (χ1v) is 25.7. The minimum Gasteiger partial charge on any atom is -0.309 e. The van der Waals surface area contributed by atoms with Crippen molar-refractivity contribution in [3.05, 3.63) is 304 Å². The highest BCUT2D eigenvalue weighted by molar-refractivity contribution is 6.13. The fraction of sp³-hybridized carbons (Fsp3) is 0.155. The van der Waals surface area contributed by atoms with Gasteiger partial charge in [-0.3, -0.25) is 0 Å². The highest BCUT2D eigenvalue weighted by Crippen LogP contribution is 2.45. The first-order chi connectivity index (χ1) is 35.3. The normalized spacial score (nSPS) is 12.7. The zero-order valence-electron chi connectivity index (χ0n) is 43.7. The molecule has 8 aromatic carbocycles. The van der Waals surface area contributed by atoms with Gasteiger partial charge in [-0.05, 0) is 140 Å². The third-order valence-electron chi connectivity index (χ3n) is 13.4. The Balaban J connectivity index is 0.000000194. The summed E-state index contributed by atoms with van der Waals surface area (Å²) in [5, 5.41) is 2.67. The van der Waals surface area contributed by atoms with Crippen LogP contribution in [0.5, 0.6) is 0 Å². The van der Waals surface area contributed by atoms with Crippen molar-refractivity contribution in [2.75, 3.05) is 0 Å². The molecule has 10 rings (SSSR count). The number of para-hydroxylation sites is 1. The summed E-state index contributed by atoms with van der Waals surface area (Å²) in [6.45, 7) is 17.0. The smallest absolute Gasteiger partial charge is 0.0547 e. The van der Waals surface area contributed by atoms with E-state index < -0.39 is 0 Å². The number of nitrogens with zero attached hydrogens (tertiary/aromatic N) is 1. The largest absolute Gasteiger partial charge is 0.309 e. The van der Waals surface area contributed by atoms with Crippen molar-refractivity contribution in [3.8, 4) is 16.8 Å². The van der Waals surface area contributed by atoms with Gasteiger partial charge in [0.1, 0.15) is 0 Å². The predicted molar refractivity (Wildman–Crippen MR) is 316 cm³/mol. The van der Waals surface area contributed by atoms with Gasteiger partial charge in [-0.25, -0.2) is 0 Å². The van der Waals surface area contributed by atoms with Crippen LogP contribution in [0.3, 0.4) is 0 Å². The van der Waals surface area contributed by atoms with Gasteiger partial charge in [0.2, 0.25) is 0 Å². The average molecular weight is 938 g/mol. The van der Waals surface area contributed by atoms with E-state index in [0.29, 0.717) is 0 Å². The maximum Gasteiger partial charge on any atom is 0.0547 e. The number of hydrogen-bond acceptors (Lipinski definition) is 0. The van der Waals surface area contributed by atoms with Crippen LogP contribution in [0.4, 0.5) is 0 Å². The van der Waals surface area contributed by atoms with Crippen LogP contribution in [-0.2, 0) is 5.41 Å². The molecule has 0 spiro atoms. The van der Waals surface area contributed by atoms with Crippen LogP contribution < -0.4 is 0 Å². The van der Waals surface area contributed by atoms with Crippen molar-refractivity contribution in [3.63, 3.8) is 0 Å². The molecular weight excluding hydrogens is 867 g/mol. The lowest BCUT2D eigenvalue weighted by Crippen LogP contribution is -2.28. The van der Waals surface area contributed by atoms with E-state index in [-0.39, 0.29) is 5.41 Å². The second kappa shape index (κ2) is 25.7. The van der Waals surface area contributed by atoms with E-state index in [1.54, 1.807) is 0 Å². The van der Waals surface area contributed by atoms with Gasteiger partial charge in [0, 0.05) is 21.9 Å². The molecule has 0 amide bonds. The Labute approximate surface area is 431 Å². The molecule has 1 aliphatic carbocycles. The SMILES string of the molecule is C/C=C/C=C(\C=C/c1ccc(-c2ccccc2)cc1)C1=C(C(C)(c2ccccc2)c2ccccc2)CCC=C1.C/C=C\c1c(C)ccc2c1c1cc(C)ccc1n2-c1ccccc1.CC.Cc1ccccc1. The molecule has 1 aliphatic rings. The molecule has 0 bridgehead atoms. The van der Waals surface area contributed by atoms with Crippen molar-refractivity contribution in [2.45, 2.75) is 73.6 Å². The van der Waals surface area contributed by atoms with E-state index in [1.807, 2.05) is 32.0 Å². The molecule has 0 radical (unpaired) electrons. The molecular formula is C71H71N. The Kier molecular flexibility index (Phi) is 18.5. The number of allylic oxidation sites excluding steroid dienone is 10. The number of aromatic nitrogens is 1. The van der Waals surface area contributed by atoms with Gasteiger partial charge in [0.05, 0.1) is 11.0 Å². The third kappa shape index (κ3) is 12.3. The zero-order valence-corrected chi connectivity index (χ0v) is 43.7. The van der Waals surface area contributed by atoms with Crippen LogP contribution in [0, 0.1) is 20.8 Å². The lowest BCUT2D eigenvalue weighted by Gasteiger charge is -2.37. The molecule has 0 fully saturated rings. The van der Waals surface area contributed by atoms with Crippen LogP contribution >= 0.6 is 0 Å². The van der Waals surface area contributed by atoms with E-state index in [1.165, 1.54) is 94.3 Å². The standard InChI is InChI=1S/C39H36.C23H21N.C7H8.C2H6/c1-3-4-16-34(30-27-31-25-28-33(29-26-31)32-17-8-5-9-18-32)37-23-14-15-24-38(37)39(2,35-19-10-6-11-20-35)36-21-12-7-13-22-36;1-4-8-19-17(3)12-14-22-23(19)20-15-16(2)11-13-21(20)24(22)18-9-6-5-7-10-18;1-7-5-3-2-4-6-7;1-2/h3-14,16-23,25-30H,15,24H2,1-2H3;4-15H,1-3H3;2-6H,1H3;1-2H3/b4-3+,30-27-,34-16+;8-4-;;. The van der Waals surface area contributed by atoms with E-state index in [9.17, 15) is 0 Å². The zero-order chi connectivity index (χ0) is 50.7. The van der Waals surface area contributed by atoms with Gasteiger partial charge in [-0.1, -0.05) is 256 Å². The number of rotatable bonds is 10. The summed E-state index contributed by atoms with van der Waals surface area (Å²) in [6.07, 6.45) is 22.1. The molecule has 1 heteroatoms. The van der Waals surface area contributed by atoms with Crippen molar-refractivity contribution in [1.82, 2.24) is 4.57 Å². The lowest BCUT2D eigenvalue weighted by atomic mass is 9.66. The molecule has 0 saturated heterocycles. The first kappa shape index (κ1) is 51.8. The molecule has 360 valence electrons. The van der Waals surface area contributed by atoms with Crippen LogP contribution in [-0.4, -0.2) is 4.57 Å². The maximum atomic E-state index is 2.39. The topological polar surface area (TPSA) is 4.93 Å². The summed E-state index contributed by atoms with van der Waals surface area (Å²) >= 11 is 0. The van der Waals surface area contributed by atoms with Crippen molar-refractivity contribution in [2.24, 2.45) is 0 Å². The summed E-state index contributed by atoms with van der Waals surface area (Å²) in [6, 6.07) is 73.4. The van der Waals surface area contributed by atoms with E-state index in [0.717, 1.165) is 12.8 Å². The van der Waals surface area contributed by atoms with Gasteiger partial charge in [-0.2, -0.15) is 0 Å². The Morgan fingerprint density at radius 2 is 1.10 bits per heavy atom. The third-order valence-corrected chi connectivity index (χ3v) is 13.4. The van der Waals surface area contributed by atoms with Gasteiger partial charge < -0.3 is 4.57 Å². The number of aryl methyl sites for hydroxylation is 3. The second-order valence-corrected chi connectivity index (χ2v) is 18.2. The Morgan fingerprint density at radius 3 is 1.67 bits per heavy atom. The Hall–Kier alpha value is -8.00. The Bertz CT molecular complexity index is 3270. The van der Waals surface area contributed by atoms with Crippen molar-refractivity contribution in [1.29, 1.82) is 0 Å². The predicted octanol–water partition coefficient (Wildman–Crippen LogP) is 20.0. The average Bonchev–Trinajstić information content (AvgIpc) is 3.77. The number of hydrogen-bond donors (Lipinski definition) is 0. The van der Waals surface area contributed by atoms with E-state index in [4.69, 9.17) is 0 Å². The van der Waals surface area contributed by atoms with Gasteiger partial charge in [-0.15, -0.1) is 0 Å². The van der Waals surface area contributed by atoms with Gasteiger partial charge in [0.15, 0.2) is 0 Å². The molecule has 1 aromatic heterocycles. The van der Waals surface area contributed by atoms with Crippen LogP contribution in [0.15, 0.2) is 266 Å². The van der Waals surface area contributed by atoms with Crippen LogP contribution in [0.2, 0.25) is 0 Å². The monoisotopic (exact) mass is 938 g/mol. The number of benzene rings is 8. The highest BCUT2D eigenvalue weighted by Gasteiger charge is 2.35. The van der Waals surface area contributed by atoms with Crippen LogP contribution in [0.1, 0.15) is 86.4 Å². The molecule has 72 heavy (non-hydrogen) atoms. The maximum absolute atomic E-state index is 2.39. The molecule has 0 N–H and O–H groups in total. The fourth-order valence-corrected chi connectivity index (χ4v) is 9.68. The summed E-state index contributed by atoms with van der Waals surface area (Å²) in [5.74, 6) is 0. The van der Waals surface area contributed by atoms with Crippen LogP contribution in [0.25, 0.3) is 50.8 Å². The molecule has 0 atom stereocenters. The molecule has 1 nitrogen and oxygen atoms in total. The molecule has 1 heterocycles. The minimum absolute atomic E-state index is 0.233. The summed E-state index contributed by atoms with van der Waals surface area (Å²) < 4.78 is 2.37. The molecule has 9 aromatic rings. The van der Waals surface area contributed by atoms with E-state index >= 15 is 0 Å². The summed E-state index contributed by atoms with van der Waals surface area (Å²) in [5.41, 5.74) is 19.1. The van der Waals surface area contributed by atoms with E-state index in [2.05, 4.69) is 289 Å². The first-order valence-electron chi connectivity index (χ1n) is 25.7. The van der Waals surface area contributed by atoms with Crippen molar-refractivity contribution < 1.29 is 0 Å². The Morgan fingerprint density at radius 1 is 0.542 bits per heavy atom. The lowest BCUT2D eigenvalue weighted by molar-refractivity contribution is 0.628. The number of fused-ring (bicyclic) bond motifs is 3. The summed E-state index contributed by atoms with van der Waals surface area (Å²) in [4.78, 5) is 0. The molecule has 0 unspecified atom stereocenters. The molecule has 0 aliphatic heterocycles.